The van der Waals surface area contributed by atoms with Crippen LogP contribution in [0.25, 0.3) is 0 Å². The van der Waals surface area contributed by atoms with Crippen molar-refractivity contribution in [3.63, 3.8) is 0 Å². The van der Waals surface area contributed by atoms with Crippen molar-refractivity contribution in [2.45, 2.75) is 29.5 Å². The molecule has 1 aliphatic rings. The van der Waals surface area contributed by atoms with Crippen LogP contribution in [0.3, 0.4) is 0 Å². The maximum Gasteiger partial charge on any atom is 0.305 e. The van der Waals surface area contributed by atoms with E-state index in [0.717, 1.165) is 36.9 Å². The lowest BCUT2D eigenvalue weighted by molar-refractivity contribution is -0.383. The molecule has 8 heteroatoms. The fraction of sp³-hybridized carbons (Fsp3) is 0.375. The number of thiophene rings is 1. The molecule has 0 amide bonds. The lowest BCUT2D eigenvalue weighted by Gasteiger charge is -2.24. The summed E-state index contributed by atoms with van der Waals surface area (Å²) in [7, 11) is -3.46. The molecule has 0 saturated carbocycles. The highest BCUT2D eigenvalue weighted by molar-refractivity contribution is 7.92. The van der Waals surface area contributed by atoms with Crippen molar-refractivity contribution in [1.29, 1.82) is 0 Å². The molecule has 24 heavy (non-hydrogen) atoms. The Morgan fingerprint density at radius 1 is 1.33 bits per heavy atom. The number of benzene rings is 1. The fourth-order valence-corrected chi connectivity index (χ4v) is 5.20. The fourth-order valence-electron chi connectivity index (χ4n) is 3.07. The standard InChI is InChI=1S/C16H18N2O4S2/c1-24(21,22)15-11-14(18(19)20)16(23-15)17-9-5-8-13(17)10-12-6-3-2-4-7-12/h2-4,6-7,11,13H,5,8-10H2,1H3. The van der Waals surface area contributed by atoms with E-state index in [1.807, 2.05) is 35.2 Å². The first-order chi connectivity index (χ1) is 11.4. The molecule has 1 fully saturated rings. The minimum Gasteiger partial charge on any atom is -0.354 e. The second-order valence-corrected chi connectivity index (χ2v) is 9.24. The predicted octanol–water partition coefficient (Wildman–Crippen LogP) is 3.27. The van der Waals surface area contributed by atoms with Crippen molar-refractivity contribution in [1.82, 2.24) is 0 Å². The Morgan fingerprint density at radius 2 is 2.04 bits per heavy atom. The molecule has 0 N–H and O–H groups in total. The first-order valence-electron chi connectivity index (χ1n) is 7.65. The SMILES string of the molecule is CS(=O)(=O)c1cc([N+](=O)[O-])c(N2CCCC2Cc2ccccc2)s1. The normalized spacial score (nSPS) is 18.0. The van der Waals surface area contributed by atoms with Crippen molar-refractivity contribution in [2.75, 3.05) is 17.7 Å². The second-order valence-electron chi connectivity index (χ2n) is 5.96. The zero-order valence-electron chi connectivity index (χ0n) is 13.2. The Balaban J connectivity index is 1.94. The van der Waals surface area contributed by atoms with Gasteiger partial charge in [-0.25, -0.2) is 8.42 Å². The first-order valence-corrected chi connectivity index (χ1v) is 10.4. The molecule has 0 spiro atoms. The number of hydrogen-bond acceptors (Lipinski definition) is 6. The van der Waals surface area contributed by atoms with E-state index in [2.05, 4.69) is 0 Å². The number of rotatable bonds is 5. The van der Waals surface area contributed by atoms with Crippen LogP contribution in [0.5, 0.6) is 0 Å². The van der Waals surface area contributed by atoms with Gasteiger partial charge in [0.1, 0.15) is 4.21 Å². The van der Waals surface area contributed by atoms with E-state index in [1.165, 1.54) is 11.6 Å². The average Bonchev–Trinajstić information content (AvgIpc) is 3.13. The molecule has 2 aromatic rings. The van der Waals surface area contributed by atoms with E-state index in [1.54, 1.807) is 0 Å². The molecule has 1 aromatic carbocycles. The third kappa shape index (κ3) is 3.44. The van der Waals surface area contributed by atoms with Gasteiger partial charge in [0.2, 0.25) is 0 Å². The topological polar surface area (TPSA) is 80.5 Å². The molecule has 1 aromatic heterocycles. The summed E-state index contributed by atoms with van der Waals surface area (Å²) in [6.07, 6.45) is 3.76. The number of nitro groups is 1. The molecule has 128 valence electrons. The van der Waals surface area contributed by atoms with Crippen LogP contribution in [-0.4, -0.2) is 32.2 Å². The van der Waals surface area contributed by atoms with Crippen LogP contribution in [-0.2, 0) is 16.3 Å². The van der Waals surface area contributed by atoms with Crippen LogP contribution in [0, 0.1) is 10.1 Å². The Morgan fingerprint density at radius 3 is 2.67 bits per heavy atom. The second kappa shape index (κ2) is 6.52. The molecule has 0 bridgehead atoms. The zero-order chi connectivity index (χ0) is 17.3. The molecule has 1 unspecified atom stereocenters. The van der Waals surface area contributed by atoms with E-state index >= 15 is 0 Å². The summed E-state index contributed by atoms with van der Waals surface area (Å²) in [5, 5.41) is 11.8. The van der Waals surface area contributed by atoms with E-state index in [4.69, 9.17) is 0 Å². The van der Waals surface area contributed by atoms with Gasteiger partial charge in [-0.05, 0) is 24.8 Å². The molecule has 0 radical (unpaired) electrons. The number of sulfone groups is 1. The summed E-state index contributed by atoms with van der Waals surface area (Å²) in [6.45, 7) is 0.710. The quantitative estimate of drug-likeness (QED) is 0.599. The van der Waals surface area contributed by atoms with Crippen LogP contribution in [0.2, 0.25) is 0 Å². The Kier molecular flexibility index (Phi) is 4.60. The smallest absolute Gasteiger partial charge is 0.305 e. The Bertz CT molecular complexity index is 846. The van der Waals surface area contributed by atoms with Crippen LogP contribution >= 0.6 is 11.3 Å². The minimum atomic E-state index is -3.46. The Labute approximate surface area is 144 Å². The monoisotopic (exact) mass is 366 g/mol. The van der Waals surface area contributed by atoms with Crippen molar-refractivity contribution in [3.8, 4) is 0 Å². The van der Waals surface area contributed by atoms with E-state index in [0.29, 0.717) is 11.5 Å². The molecule has 1 saturated heterocycles. The first kappa shape index (κ1) is 16.9. The third-order valence-electron chi connectivity index (χ3n) is 4.19. The van der Waals surface area contributed by atoms with Crippen LogP contribution < -0.4 is 4.90 Å². The molecule has 6 nitrogen and oxygen atoms in total. The van der Waals surface area contributed by atoms with E-state index in [-0.39, 0.29) is 15.9 Å². The van der Waals surface area contributed by atoms with Gasteiger partial charge >= 0.3 is 5.69 Å². The number of hydrogen-bond donors (Lipinski definition) is 0. The maximum atomic E-state index is 11.8. The van der Waals surface area contributed by atoms with Crippen LogP contribution in [0.15, 0.2) is 40.6 Å². The number of nitrogens with zero attached hydrogens (tertiary/aromatic N) is 2. The molecular weight excluding hydrogens is 348 g/mol. The molecular formula is C16H18N2O4S2. The molecule has 1 atom stereocenters. The Hall–Kier alpha value is -1.93. The minimum absolute atomic E-state index is 0.0505. The highest BCUT2D eigenvalue weighted by Crippen LogP contribution is 2.43. The summed E-state index contributed by atoms with van der Waals surface area (Å²) < 4.78 is 23.6. The van der Waals surface area contributed by atoms with Crippen LogP contribution in [0.1, 0.15) is 18.4 Å². The highest BCUT2D eigenvalue weighted by atomic mass is 32.2. The summed E-state index contributed by atoms with van der Waals surface area (Å²) in [6, 6.07) is 11.3. The van der Waals surface area contributed by atoms with Crippen molar-refractivity contribution in [2.24, 2.45) is 0 Å². The highest BCUT2D eigenvalue weighted by Gasteiger charge is 2.33. The summed E-state index contributed by atoms with van der Waals surface area (Å²) in [4.78, 5) is 12.9. The summed E-state index contributed by atoms with van der Waals surface area (Å²) in [5.41, 5.74) is 1.07. The van der Waals surface area contributed by atoms with Crippen LogP contribution in [0.4, 0.5) is 10.7 Å². The average molecular weight is 366 g/mol. The lowest BCUT2D eigenvalue weighted by atomic mass is 10.0. The van der Waals surface area contributed by atoms with Crippen molar-refractivity contribution >= 4 is 31.9 Å². The van der Waals surface area contributed by atoms with Gasteiger partial charge in [-0.1, -0.05) is 41.7 Å². The predicted molar refractivity (Wildman–Crippen MR) is 94.6 cm³/mol. The van der Waals surface area contributed by atoms with Gasteiger partial charge in [0.05, 0.1) is 4.92 Å². The van der Waals surface area contributed by atoms with Gasteiger partial charge in [-0.15, -0.1) is 0 Å². The lowest BCUT2D eigenvalue weighted by Crippen LogP contribution is -2.30. The molecule has 2 heterocycles. The van der Waals surface area contributed by atoms with Gasteiger partial charge in [-0.2, -0.15) is 0 Å². The molecule has 3 rings (SSSR count). The zero-order valence-corrected chi connectivity index (χ0v) is 14.8. The van der Waals surface area contributed by atoms with E-state index in [9.17, 15) is 18.5 Å². The van der Waals surface area contributed by atoms with Gasteiger partial charge < -0.3 is 4.90 Å². The molecule has 0 aliphatic carbocycles. The molecule has 1 aliphatic heterocycles. The van der Waals surface area contributed by atoms with Gasteiger partial charge in [0.25, 0.3) is 0 Å². The third-order valence-corrected chi connectivity index (χ3v) is 7.15. The van der Waals surface area contributed by atoms with Gasteiger partial charge in [0, 0.05) is 24.9 Å². The summed E-state index contributed by atoms with van der Waals surface area (Å²) in [5.74, 6) is 0. The van der Waals surface area contributed by atoms with E-state index < -0.39 is 14.8 Å². The maximum absolute atomic E-state index is 11.8. The van der Waals surface area contributed by atoms with Crippen molar-refractivity contribution in [3.05, 3.63) is 52.1 Å². The largest absolute Gasteiger partial charge is 0.354 e. The van der Waals surface area contributed by atoms with Crippen molar-refractivity contribution < 1.29 is 13.3 Å². The number of anilines is 1. The summed E-state index contributed by atoms with van der Waals surface area (Å²) >= 11 is 1.00. The van der Waals surface area contributed by atoms with Gasteiger partial charge in [0.15, 0.2) is 14.8 Å². The van der Waals surface area contributed by atoms with Gasteiger partial charge in [-0.3, -0.25) is 10.1 Å².